The molecule has 5 nitrogen and oxygen atoms in total. The fraction of sp³-hybridized carbons (Fsp3) is 0.0870. The molecule has 0 unspecified atom stereocenters. The van der Waals surface area contributed by atoms with E-state index in [-0.39, 0.29) is 15.9 Å². The molecule has 4 aromatic rings. The highest BCUT2D eigenvalue weighted by atomic mass is 79.9. The van der Waals surface area contributed by atoms with Crippen LogP contribution < -0.4 is 14.8 Å². The number of halogens is 2. The molecule has 0 saturated carbocycles. The molecular formula is C23H18BrFN2O3. The average Bonchev–Trinajstić information content (AvgIpc) is 2.76. The lowest BCUT2D eigenvalue weighted by Gasteiger charge is -2.15. The summed E-state index contributed by atoms with van der Waals surface area (Å²) in [6.45, 7) is 0.393. The summed E-state index contributed by atoms with van der Waals surface area (Å²) in [4.78, 5) is 4.40. The number of hydrogen-bond acceptors (Lipinski definition) is 5. The van der Waals surface area contributed by atoms with Crippen molar-refractivity contribution in [3.8, 4) is 17.2 Å². The van der Waals surface area contributed by atoms with Gasteiger partial charge in [0, 0.05) is 29.4 Å². The molecule has 30 heavy (non-hydrogen) atoms. The topological polar surface area (TPSA) is 63.6 Å². The van der Waals surface area contributed by atoms with Gasteiger partial charge in [0.05, 0.1) is 22.8 Å². The van der Waals surface area contributed by atoms with Crippen LogP contribution in [0.2, 0.25) is 0 Å². The van der Waals surface area contributed by atoms with E-state index in [4.69, 9.17) is 9.47 Å². The van der Waals surface area contributed by atoms with E-state index in [1.54, 1.807) is 31.5 Å². The van der Waals surface area contributed by atoms with Gasteiger partial charge in [-0.3, -0.25) is 4.98 Å². The number of benzene rings is 3. The molecule has 1 heterocycles. The zero-order chi connectivity index (χ0) is 21.1. The number of phenols is 1. The van der Waals surface area contributed by atoms with Gasteiger partial charge in [0.1, 0.15) is 18.2 Å². The predicted octanol–water partition coefficient (Wildman–Crippen LogP) is 6.17. The molecule has 0 spiro atoms. The third-order valence-corrected chi connectivity index (χ3v) is 5.21. The van der Waals surface area contributed by atoms with Crippen LogP contribution in [0.25, 0.3) is 10.9 Å². The van der Waals surface area contributed by atoms with Gasteiger partial charge >= 0.3 is 0 Å². The van der Waals surface area contributed by atoms with E-state index in [2.05, 4.69) is 26.2 Å². The van der Waals surface area contributed by atoms with Crippen LogP contribution in [0.4, 0.5) is 15.8 Å². The number of methoxy groups -OCH3 is 1. The summed E-state index contributed by atoms with van der Waals surface area (Å²) < 4.78 is 26.1. The fourth-order valence-corrected chi connectivity index (χ4v) is 3.36. The third kappa shape index (κ3) is 4.16. The maximum absolute atomic E-state index is 14.3. The van der Waals surface area contributed by atoms with Crippen LogP contribution in [-0.4, -0.2) is 17.2 Å². The lowest BCUT2D eigenvalue weighted by molar-refractivity contribution is 0.285. The summed E-state index contributed by atoms with van der Waals surface area (Å²) in [6, 6.07) is 17.7. The molecule has 0 aliphatic heterocycles. The lowest BCUT2D eigenvalue weighted by Crippen LogP contribution is -1.99. The zero-order valence-electron chi connectivity index (χ0n) is 16.0. The van der Waals surface area contributed by atoms with E-state index in [1.807, 2.05) is 30.3 Å². The van der Waals surface area contributed by atoms with Crippen LogP contribution in [0, 0.1) is 5.82 Å². The number of nitrogens with one attached hydrogen (secondary N) is 1. The third-order valence-electron chi connectivity index (χ3n) is 4.57. The van der Waals surface area contributed by atoms with Crippen molar-refractivity contribution >= 4 is 38.2 Å². The molecule has 1 aromatic heterocycles. The first-order valence-electron chi connectivity index (χ1n) is 9.13. The van der Waals surface area contributed by atoms with Gasteiger partial charge in [-0.15, -0.1) is 0 Å². The predicted molar refractivity (Wildman–Crippen MR) is 118 cm³/mol. The molecule has 0 bridgehead atoms. The molecule has 0 radical (unpaired) electrons. The van der Waals surface area contributed by atoms with Gasteiger partial charge in [-0.25, -0.2) is 4.39 Å². The molecule has 4 rings (SSSR count). The first-order valence-corrected chi connectivity index (χ1v) is 9.93. The first-order chi connectivity index (χ1) is 14.5. The van der Waals surface area contributed by atoms with Crippen LogP contribution >= 0.6 is 15.9 Å². The Balaban J connectivity index is 1.68. The minimum atomic E-state index is -0.501. The number of ether oxygens (including phenoxy) is 2. The van der Waals surface area contributed by atoms with Crippen molar-refractivity contribution in [2.24, 2.45) is 0 Å². The largest absolute Gasteiger partial charge is 0.507 e. The van der Waals surface area contributed by atoms with Gasteiger partial charge in [-0.1, -0.05) is 30.3 Å². The number of pyridine rings is 1. The van der Waals surface area contributed by atoms with Gasteiger partial charge in [-0.05, 0) is 39.7 Å². The number of fused-ring (bicyclic) bond motifs is 1. The second-order valence-electron chi connectivity index (χ2n) is 6.56. The molecule has 0 aliphatic carbocycles. The Morgan fingerprint density at radius 2 is 1.83 bits per heavy atom. The molecule has 0 amide bonds. The van der Waals surface area contributed by atoms with E-state index in [1.165, 1.54) is 12.1 Å². The maximum Gasteiger partial charge on any atom is 0.163 e. The minimum absolute atomic E-state index is 0.0635. The number of nitrogens with zero attached hydrogens (tertiary/aromatic N) is 1. The van der Waals surface area contributed by atoms with Crippen molar-refractivity contribution in [1.82, 2.24) is 4.98 Å². The van der Waals surface area contributed by atoms with Crippen LogP contribution in [-0.2, 0) is 6.61 Å². The monoisotopic (exact) mass is 468 g/mol. The van der Waals surface area contributed by atoms with E-state index < -0.39 is 5.82 Å². The summed E-state index contributed by atoms with van der Waals surface area (Å²) in [7, 11) is 1.56. The SMILES string of the molecule is COc1cc2c(Nc3cc(O)c(Br)cc3F)ccnc2cc1OCc1ccccc1. The molecule has 0 saturated heterocycles. The average molecular weight is 469 g/mol. The molecule has 0 atom stereocenters. The summed E-state index contributed by atoms with van der Waals surface area (Å²) in [5.41, 5.74) is 2.46. The maximum atomic E-state index is 14.3. The lowest BCUT2D eigenvalue weighted by atomic mass is 10.1. The van der Waals surface area contributed by atoms with Crippen molar-refractivity contribution in [3.05, 3.63) is 82.7 Å². The highest BCUT2D eigenvalue weighted by Crippen LogP contribution is 2.37. The Morgan fingerprint density at radius 1 is 1.03 bits per heavy atom. The van der Waals surface area contributed by atoms with Gasteiger partial charge in [0.25, 0.3) is 0 Å². The number of aromatic nitrogens is 1. The van der Waals surface area contributed by atoms with Crippen molar-refractivity contribution in [3.63, 3.8) is 0 Å². The van der Waals surface area contributed by atoms with Gasteiger partial charge < -0.3 is 19.9 Å². The molecule has 3 aromatic carbocycles. The smallest absolute Gasteiger partial charge is 0.163 e. The Morgan fingerprint density at radius 3 is 2.60 bits per heavy atom. The highest BCUT2D eigenvalue weighted by Gasteiger charge is 2.13. The second kappa shape index (κ2) is 8.59. The van der Waals surface area contributed by atoms with E-state index >= 15 is 0 Å². The van der Waals surface area contributed by atoms with Crippen molar-refractivity contribution in [2.45, 2.75) is 6.61 Å². The van der Waals surface area contributed by atoms with Gasteiger partial charge in [0.15, 0.2) is 11.5 Å². The minimum Gasteiger partial charge on any atom is -0.507 e. The van der Waals surface area contributed by atoms with Crippen LogP contribution in [0.15, 0.2) is 71.3 Å². The Hall–Kier alpha value is -3.32. The normalized spacial score (nSPS) is 10.8. The summed E-state index contributed by atoms with van der Waals surface area (Å²) in [5, 5.41) is 13.6. The fourth-order valence-electron chi connectivity index (χ4n) is 3.05. The molecule has 7 heteroatoms. The van der Waals surface area contributed by atoms with E-state index in [9.17, 15) is 9.50 Å². The van der Waals surface area contributed by atoms with Crippen LogP contribution in [0.3, 0.4) is 0 Å². The van der Waals surface area contributed by atoms with Gasteiger partial charge in [0.2, 0.25) is 0 Å². The first kappa shape index (κ1) is 20.0. The van der Waals surface area contributed by atoms with Crippen LogP contribution in [0.5, 0.6) is 17.2 Å². The number of hydrogen-bond donors (Lipinski definition) is 2. The number of rotatable bonds is 6. The van der Waals surface area contributed by atoms with Gasteiger partial charge in [-0.2, -0.15) is 0 Å². The van der Waals surface area contributed by atoms with Crippen molar-refractivity contribution < 1.29 is 19.0 Å². The second-order valence-corrected chi connectivity index (χ2v) is 7.42. The molecular weight excluding hydrogens is 451 g/mol. The van der Waals surface area contributed by atoms with Crippen LogP contribution in [0.1, 0.15) is 5.56 Å². The standard InChI is InChI=1S/C23H18BrFN2O3/c1-29-22-9-15-18(27-20-11-21(28)16(24)10-17(20)25)7-8-26-19(15)12-23(22)30-13-14-5-3-2-4-6-14/h2-12,28H,13H2,1H3,(H,26,27). The molecule has 2 N–H and O–H groups in total. The number of aromatic hydroxyl groups is 1. The number of anilines is 2. The Bertz CT molecular complexity index is 1200. The van der Waals surface area contributed by atoms with Crippen molar-refractivity contribution in [2.75, 3.05) is 12.4 Å². The Labute approximate surface area is 181 Å². The Kier molecular flexibility index (Phi) is 5.72. The summed E-state index contributed by atoms with van der Waals surface area (Å²) in [5.74, 6) is 0.533. The van der Waals surface area contributed by atoms with E-state index in [0.717, 1.165) is 10.9 Å². The zero-order valence-corrected chi connectivity index (χ0v) is 17.6. The quantitative estimate of drug-likeness (QED) is 0.354. The molecule has 0 fully saturated rings. The summed E-state index contributed by atoms with van der Waals surface area (Å²) >= 11 is 3.11. The molecule has 0 aliphatic rings. The number of phenolic OH excluding ortho intramolecular Hbond substituents is 1. The van der Waals surface area contributed by atoms with E-state index in [0.29, 0.717) is 29.3 Å². The summed E-state index contributed by atoms with van der Waals surface area (Å²) in [6.07, 6.45) is 1.62. The highest BCUT2D eigenvalue weighted by molar-refractivity contribution is 9.10. The van der Waals surface area contributed by atoms with Crippen molar-refractivity contribution in [1.29, 1.82) is 0 Å². The molecule has 152 valence electrons.